The number of hydrogen-bond acceptors (Lipinski definition) is 6. The molecule has 0 amide bonds. The van der Waals surface area contributed by atoms with E-state index in [9.17, 15) is 18.0 Å². The second-order valence-electron chi connectivity index (χ2n) is 6.37. The number of aryl methyl sites for hydroxylation is 1. The average molecular weight is 440 g/mol. The van der Waals surface area contributed by atoms with Crippen LogP contribution in [-0.2, 0) is 35.7 Å². The molecule has 3 aromatic rings. The van der Waals surface area contributed by atoms with Gasteiger partial charge in [0.05, 0.1) is 13.5 Å². The second kappa shape index (κ2) is 8.70. The molecule has 0 spiro atoms. The summed E-state index contributed by atoms with van der Waals surface area (Å²) < 4.78 is 44.5. The summed E-state index contributed by atoms with van der Waals surface area (Å²) in [6, 6.07) is 6.88. The number of halogens is 4. The molecule has 2 heterocycles. The first kappa shape index (κ1) is 21.6. The Morgan fingerprint density at radius 2 is 1.93 bits per heavy atom. The molecule has 7 nitrogen and oxygen atoms in total. The van der Waals surface area contributed by atoms with E-state index in [1.54, 1.807) is 24.3 Å². The Labute approximate surface area is 174 Å². The molecule has 1 aromatic carbocycles. The second-order valence-corrected chi connectivity index (χ2v) is 6.71. The van der Waals surface area contributed by atoms with Crippen molar-refractivity contribution in [2.45, 2.75) is 19.1 Å². The summed E-state index contributed by atoms with van der Waals surface area (Å²) in [4.78, 5) is 23.2. The number of carbonyl (C=O) groups excluding carboxylic acids is 1. The quantitative estimate of drug-likeness (QED) is 0.463. The van der Waals surface area contributed by atoms with Crippen LogP contribution in [0, 0.1) is 0 Å². The first-order valence-electron chi connectivity index (χ1n) is 8.69. The van der Waals surface area contributed by atoms with E-state index in [-0.39, 0.29) is 17.5 Å². The van der Waals surface area contributed by atoms with Gasteiger partial charge >= 0.3 is 12.1 Å². The number of alkyl halides is 3. The summed E-state index contributed by atoms with van der Waals surface area (Å²) >= 11 is 5.84. The smallest absolute Gasteiger partial charge is 0.434 e. The highest BCUT2D eigenvalue weighted by Crippen LogP contribution is 2.30. The predicted octanol–water partition coefficient (Wildman–Crippen LogP) is 3.88. The molecule has 1 N–H and O–H groups in total. The van der Waals surface area contributed by atoms with Crippen LogP contribution in [-0.4, -0.2) is 32.6 Å². The molecule has 0 radical (unpaired) electrons. The van der Waals surface area contributed by atoms with E-state index in [0.29, 0.717) is 23.5 Å². The summed E-state index contributed by atoms with van der Waals surface area (Å²) in [7, 11) is 2.79. The van der Waals surface area contributed by atoms with Gasteiger partial charge in [-0.2, -0.15) is 13.2 Å². The highest BCUT2D eigenvalue weighted by Gasteiger charge is 2.34. The number of benzene rings is 1. The number of nitrogens with one attached hydrogen (secondary N) is 1. The number of nitrogens with zero attached hydrogens (tertiary/aromatic N) is 4. The van der Waals surface area contributed by atoms with Crippen molar-refractivity contribution in [2.75, 3.05) is 12.4 Å². The van der Waals surface area contributed by atoms with Crippen molar-refractivity contribution in [2.24, 2.45) is 7.05 Å². The molecule has 0 saturated heterocycles. The predicted molar refractivity (Wildman–Crippen MR) is 104 cm³/mol. The molecule has 158 valence electrons. The first-order chi connectivity index (χ1) is 14.2. The topological polar surface area (TPSA) is 81.9 Å². The minimum Gasteiger partial charge on any atom is -0.469 e. The van der Waals surface area contributed by atoms with Crippen LogP contribution >= 0.6 is 11.6 Å². The van der Waals surface area contributed by atoms with Gasteiger partial charge < -0.3 is 14.6 Å². The Morgan fingerprint density at radius 1 is 1.23 bits per heavy atom. The number of imidazole rings is 1. The maximum absolute atomic E-state index is 12.9. The molecule has 0 atom stereocenters. The minimum atomic E-state index is -4.50. The molecule has 0 aliphatic heterocycles. The van der Waals surface area contributed by atoms with Crippen LogP contribution in [0.3, 0.4) is 0 Å². The monoisotopic (exact) mass is 439 g/mol. The molecule has 3 rings (SSSR count). The highest BCUT2D eigenvalue weighted by atomic mass is 35.5. The van der Waals surface area contributed by atoms with Gasteiger partial charge in [0.2, 0.25) is 5.28 Å². The van der Waals surface area contributed by atoms with Crippen LogP contribution in [0.2, 0.25) is 5.28 Å². The normalized spacial score (nSPS) is 11.4. The Morgan fingerprint density at radius 3 is 2.53 bits per heavy atom. The fraction of sp³-hybridized carbons (Fsp3) is 0.263. The summed E-state index contributed by atoms with van der Waals surface area (Å²) in [5.74, 6) is 0.162. The highest BCUT2D eigenvalue weighted by molar-refractivity contribution is 6.28. The third kappa shape index (κ3) is 5.07. The van der Waals surface area contributed by atoms with Crippen LogP contribution in [0.25, 0.3) is 11.4 Å². The largest absolute Gasteiger partial charge is 0.469 e. The van der Waals surface area contributed by atoms with Crippen molar-refractivity contribution in [3.63, 3.8) is 0 Å². The van der Waals surface area contributed by atoms with Gasteiger partial charge in [0.1, 0.15) is 11.6 Å². The molecular weight excluding hydrogens is 423 g/mol. The molecule has 0 fully saturated rings. The van der Waals surface area contributed by atoms with Gasteiger partial charge in [-0.25, -0.2) is 15.0 Å². The van der Waals surface area contributed by atoms with E-state index in [1.165, 1.54) is 24.9 Å². The summed E-state index contributed by atoms with van der Waals surface area (Å²) in [5.41, 5.74) is 0.969. The number of rotatable bonds is 6. The summed E-state index contributed by atoms with van der Waals surface area (Å²) in [5, 5.41) is 3.11. The zero-order chi connectivity index (χ0) is 21.9. The molecule has 0 bridgehead atoms. The zero-order valence-electron chi connectivity index (χ0n) is 16.0. The lowest BCUT2D eigenvalue weighted by Gasteiger charge is -2.11. The third-order valence-electron chi connectivity index (χ3n) is 4.24. The van der Waals surface area contributed by atoms with Gasteiger partial charge in [0.15, 0.2) is 5.69 Å². The molecule has 30 heavy (non-hydrogen) atoms. The van der Waals surface area contributed by atoms with E-state index in [2.05, 4.69) is 25.0 Å². The van der Waals surface area contributed by atoms with E-state index >= 15 is 0 Å². The van der Waals surface area contributed by atoms with Crippen molar-refractivity contribution in [3.05, 3.63) is 58.8 Å². The van der Waals surface area contributed by atoms with Crippen molar-refractivity contribution in [1.82, 2.24) is 19.5 Å². The lowest BCUT2D eigenvalue weighted by molar-refractivity contribution is -0.141. The third-order valence-corrected chi connectivity index (χ3v) is 4.42. The summed E-state index contributed by atoms with van der Waals surface area (Å²) in [6.45, 7) is 0.343. The molecule has 0 unspecified atom stereocenters. The number of carbonyl (C=O) groups is 1. The lowest BCUT2D eigenvalue weighted by atomic mass is 10.1. The number of hydrogen-bond donors (Lipinski definition) is 1. The van der Waals surface area contributed by atoms with Crippen LogP contribution in [0.4, 0.5) is 19.0 Å². The van der Waals surface area contributed by atoms with E-state index < -0.39 is 17.8 Å². The number of aromatic nitrogens is 4. The van der Waals surface area contributed by atoms with Crippen LogP contribution in [0.1, 0.15) is 16.8 Å². The van der Waals surface area contributed by atoms with Gasteiger partial charge in [-0.3, -0.25) is 4.79 Å². The van der Waals surface area contributed by atoms with Gasteiger partial charge in [-0.15, -0.1) is 0 Å². The Balaban J connectivity index is 1.74. The Bertz CT molecular complexity index is 1050. The Kier molecular flexibility index (Phi) is 6.25. The SMILES string of the molecule is COC(=O)Cc1cnc(Cl)nc1NCc1ccc(-c2nc(C(F)(F)F)cn2C)cc1. The standard InChI is InChI=1S/C19H17ClF3N5O2/c1-28-10-14(19(21,22)23)26-17(28)12-5-3-11(4-6-12)8-24-16-13(7-15(29)30-2)9-25-18(20)27-16/h3-6,9-10H,7-8H2,1-2H3,(H,24,25,27). The van der Waals surface area contributed by atoms with Crippen LogP contribution in [0.5, 0.6) is 0 Å². The fourth-order valence-corrected chi connectivity index (χ4v) is 2.86. The number of esters is 1. The van der Waals surface area contributed by atoms with Gasteiger partial charge in [-0.1, -0.05) is 24.3 Å². The van der Waals surface area contributed by atoms with Crippen LogP contribution in [0.15, 0.2) is 36.7 Å². The van der Waals surface area contributed by atoms with Gasteiger partial charge in [0.25, 0.3) is 0 Å². The molecular formula is C19H17ClF3N5O2. The molecule has 2 aromatic heterocycles. The number of ether oxygens (including phenoxy) is 1. The fourth-order valence-electron chi connectivity index (χ4n) is 2.72. The van der Waals surface area contributed by atoms with Crippen molar-refractivity contribution in [1.29, 1.82) is 0 Å². The zero-order valence-corrected chi connectivity index (χ0v) is 16.8. The average Bonchev–Trinajstić information content (AvgIpc) is 3.10. The molecule has 0 aliphatic rings. The van der Waals surface area contributed by atoms with Crippen molar-refractivity contribution in [3.8, 4) is 11.4 Å². The van der Waals surface area contributed by atoms with Gasteiger partial charge in [0, 0.05) is 37.1 Å². The first-order valence-corrected chi connectivity index (χ1v) is 9.07. The lowest BCUT2D eigenvalue weighted by Crippen LogP contribution is -2.10. The maximum Gasteiger partial charge on any atom is 0.434 e. The minimum absolute atomic E-state index is 0.0182. The van der Waals surface area contributed by atoms with E-state index in [1.807, 2.05) is 0 Å². The van der Waals surface area contributed by atoms with Crippen molar-refractivity contribution >= 4 is 23.4 Å². The molecule has 0 saturated carbocycles. The van der Waals surface area contributed by atoms with E-state index in [0.717, 1.165) is 11.8 Å². The number of methoxy groups -OCH3 is 1. The van der Waals surface area contributed by atoms with Crippen molar-refractivity contribution < 1.29 is 22.7 Å². The molecule has 11 heteroatoms. The summed E-state index contributed by atoms with van der Waals surface area (Å²) in [6.07, 6.45) is -2.13. The van der Waals surface area contributed by atoms with Crippen LogP contribution < -0.4 is 5.32 Å². The van der Waals surface area contributed by atoms with Gasteiger partial charge in [-0.05, 0) is 17.2 Å². The molecule has 0 aliphatic carbocycles. The maximum atomic E-state index is 12.9. The number of anilines is 1. The van der Waals surface area contributed by atoms with E-state index in [4.69, 9.17) is 11.6 Å². The Hall–Kier alpha value is -3.14.